The predicted molar refractivity (Wildman–Crippen MR) is 78.2 cm³/mol. The first kappa shape index (κ1) is 14.5. The van der Waals surface area contributed by atoms with E-state index in [4.69, 9.17) is 5.11 Å². The van der Waals surface area contributed by atoms with Gasteiger partial charge in [0.15, 0.2) is 0 Å². The Hall–Kier alpha value is -0.910. The van der Waals surface area contributed by atoms with Gasteiger partial charge in [0, 0.05) is 36.7 Å². The summed E-state index contributed by atoms with van der Waals surface area (Å²) in [7, 11) is 2.10. The van der Waals surface area contributed by atoms with Gasteiger partial charge in [-0.05, 0) is 24.7 Å². The van der Waals surface area contributed by atoms with Gasteiger partial charge in [0.1, 0.15) is 0 Å². The average molecular weight is 327 g/mol. The third-order valence-corrected chi connectivity index (χ3v) is 4.07. The second kappa shape index (κ2) is 6.50. The molecule has 1 fully saturated rings. The van der Waals surface area contributed by atoms with Gasteiger partial charge in [0.05, 0.1) is 6.42 Å². The minimum absolute atomic E-state index is 0.0382. The van der Waals surface area contributed by atoms with E-state index in [0.29, 0.717) is 0 Å². The monoisotopic (exact) mass is 326 g/mol. The van der Waals surface area contributed by atoms with Crippen molar-refractivity contribution in [2.24, 2.45) is 0 Å². The van der Waals surface area contributed by atoms with Gasteiger partial charge in [0.2, 0.25) is 0 Å². The van der Waals surface area contributed by atoms with E-state index in [1.54, 1.807) is 0 Å². The smallest absolute Gasteiger partial charge is 0.305 e. The van der Waals surface area contributed by atoms with Crippen LogP contribution in [0.2, 0.25) is 0 Å². The summed E-state index contributed by atoms with van der Waals surface area (Å²) in [6.07, 6.45) is 0.153. The molecule has 1 aliphatic heterocycles. The van der Waals surface area contributed by atoms with Gasteiger partial charge in [-0.1, -0.05) is 28.1 Å². The molecule has 1 aliphatic rings. The van der Waals surface area contributed by atoms with Gasteiger partial charge in [-0.2, -0.15) is 0 Å². The zero-order valence-corrected chi connectivity index (χ0v) is 12.6. The number of benzene rings is 1. The van der Waals surface area contributed by atoms with E-state index in [1.807, 2.05) is 24.3 Å². The van der Waals surface area contributed by atoms with Crippen LogP contribution in [0.25, 0.3) is 0 Å². The molecule has 1 atom stereocenters. The van der Waals surface area contributed by atoms with Crippen LogP contribution < -0.4 is 0 Å². The van der Waals surface area contributed by atoms with Gasteiger partial charge >= 0.3 is 5.97 Å². The number of hydrogen-bond acceptors (Lipinski definition) is 3. The molecule has 1 unspecified atom stereocenters. The van der Waals surface area contributed by atoms with Crippen LogP contribution in [0.5, 0.6) is 0 Å². The number of carboxylic acids is 1. The minimum Gasteiger partial charge on any atom is -0.481 e. The Morgan fingerprint density at radius 2 is 2.05 bits per heavy atom. The van der Waals surface area contributed by atoms with Crippen LogP contribution in [-0.4, -0.2) is 54.1 Å². The molecule has 1 saturated heterocycles. The molecule has 1 heterocycles. The van der Waals surface area contributed by atoms with Crippen LogP contribution in [0.15, 0.2) is 28.7 Å². The maximum Gasteiger partial charge on any atom is 0.305 e. The van der Waals surface area contributed by atoms with Crippen molar-refractivity contribution in [2.45, 2.75) is 12.5 Å². The number of halogens is 1. The fraction of sp³-hybridized carbons (Fsp3) is 0.500. The first-order chi connectivity index (χ1) is 9.06. The van der Waals surface area contributed by atoms with Crippen molar-refractivity contribution < 1.29 is 9.90 Å². The van der Waals surface area contributed by atoms with Crippen molar-refractivity contribution in [3.8, 4) is 0 Å². The van der Waals surface area contributed by atoms with Crippen LogP contribution in [-0.2, 0) is 4.79 Å². The molecule has 4 nitrogen and oxygen atoms in total. The first-order valence-electron chi connectivity index (χ1n) is 6.46. The van der Waals surface area contributed by atoms with Crippen molar-refractivity contribution in [1.82, 2.24) is 9.80 Å². The topological polar surface area (TPSA) is 43.8 Å². The SMILES string of the molecule is CN1CCN(C(CC(=O)O)c2cccc(Br)c2)CC1. The lowest BCUT2D eigenvalue weighted by molar-refractivity contribution is -0.138. The average Bonchev–Trinajstić information content (AvgIpc) is 2.37. The van der Waals surface area contributed by atoms with Crippen molar-refractivity contribution in [3.05, 3.63) is 34.3 Å². The lowest BCUT2D eigenvalue weighted by Gasteiger charge is -2.37. The molecular formula is C14H19BrN2O2. The fourth-order valence-electron chi connectivity index (χ4n) is 2.47. The Kier molecular flexibility index (Phi) is 4.96. The molecule has 0 amide bonds. The summed E-state index contributed by atoms with van der Waals surface area (Å²) in [5, 5.41) is 9.15. The van der Waals surface area contributed by atoms with Crippen molar-refractivity contribution in [2.75, 3.05) is 33.2 Å². The van der Waals surface area contributed by atoms with Crippen LogP contribution in [0.4, 0.5) is 0 Å². The third kappa shape index (κ3) is 4.03. The molecule has 1 aromatic rings. The zero-order valence-electron chi connectivity index (χ0n) is 11.1. The van der Waals surface area contributed by atoms with Crippen LogP contribution in [0.3, 0.4) is 0 Å². The number of carboxylic acid groups (broad SMARTS) is 1. The minimum atomic E-state index is -0.746. The summed E-state index contributed by atoms with van der Waals surface area (Å²) in [5.41, 5.74) is 1.07. The summed E-state index contributed by atoms with van der Waals surface area (Å²) < 4.78 is 0.995. The van der Waals surface area contributed by atoms with E-state index in [-0.39, 0.29) is 12.5 Å². The number of nitrogens with zero attached hydrogens (tertiary/aromatic N) is 2. The van der Waals surface area contributed by atoms with Crippen molar-refractivity contribution in [3.63, 3.8) is 0 Å². The third-order valence-electron chi connectivity index (χ3n) is 3.58. The Bertz CT molecular complexity index is 445. The largest absolute Gasteiger partial charge is 0.481 e. The van der Waals surface area contributed by atoms with Crippen molar-refractivity contribution >= 4 is 21.9 Å². The molecule has 2 rings (SSSR count). The summed E-state index contributed by atoms with van der Waals surface area (Å²) in [4.78, 5) is 15.7. The number of piperazine rings is 1. The van der Waals surface area contributed by atoms with E-state index in [2.05, 4.69) is 32.8 Å². The Morgan fingerprint density at radius 1 is 1.37 bits per heavy atom. The summed E-state index contributed by atoms with van der Waals surface area (Å²) in [5.74, 6) is -0.746. The summed E-state index contributed by atoms with van der Waals surface area (Å²) >= 11 is 3.46. The number of hydrogen-bond donors (Lipinski definition) is 1. The molecule has 0 bridgehead atoms. The quantitative estimate of drug-likeness (QED) is 0.921. The summed E-state index contributed by atoms with van der Waals surface area (Å²) in [6.45, 7) is 3.82. The zero-order chi connectivity index (χ0) is 13.8. The molecule has 1 N–H and O–H groups in total. The molecular weight excluding hydrogens is 308 g/mol. The second-order valence-electron chi connectivity index (χ2n) is 5.01. The lowest BCUT2D eigenvalue weighted by Crippen LogP contribution is -2.46. The van der Waals surface area contributed by atoms with Crippen molar-refractivity contribution in [1.29, 1.82) is 0 Å². The summed E-state index contributed by atoms with van der Waals surface area (Å²) in [6, 6.07) is 7.92. The van der Waals surface area contributed by atoms with E-state index in [0.717, 1.165) is 36.2 Å². The molecule has 5 heteroatoms. The maximum atomic E-state index is 11.1. The fourth-order valence-corrected chi connectivity index (χ4v) is 2.89. The highest BCUT2D eigenvalue weighted by Gasteiger charge is 2.25. The van der Waals surface area contributed by atoms with E-state index in [1.165, 1.54) is 0 Å². The van der Waals surface area contributed by atoms with E-state index >= 15 is 0 Å². The van der Waals surface area contributed by atoms with Gasteiger partial charge < -0.3 is 10.0 Å². The van der Waals surface area contributed by atoms with Gasteiger partial charge in [0.25, 0.3) is 0 Å². The maximum absolute atomic E-state index is 11.1. The molecule has 0 radical (unpaired) electrons. The van der Waals surface area contributed by atoms with Crippen LogP contribution in [0.1, 0.15) is 18.0 Å². The number of aliphatic carboxylic acids is 1. The highest BCUT2D eigenvalue weighted by atomic mass is 79.9. The first-order valence-corrected chi connectivity index (χ1v) is 7.25. The van der Waals surface area contributed by atoms with E-state index < -0.39 is 5.97 Å². The second-order valence-corrected chi connectivity index (χ2v) is 5.92. The van der Waals surface area contributed by atoms with E-state index in [9.17, 15) is 4.79 Å². The normalized spacial score (nSPS) is 19.3. The lowest BCUT2D eigenvalue weighted by atomic mass is 10.0. The number of carbonyl (C=O) groups is 1. The number of rotatable bonds is 4. The predicted octanol–water partition coefficient (Wildman–Crippen LogP) is 2.21. The molecule has 1 aromatic carbocycles. The molecule has 104 valence electrons. The standard InChI is InChI=1S/C14H19BrN2O2/c1-16-5-7-17(8-6-16)13(10-14(18)19)11-3-2-4-12(15)9-11/h2-4,9,13H,5-8,10H2,1H3,(H,18,19). The van der Waals surface area contributed by atoms with Gasteiger partial charge in [-0.3, -0.25) is 9.69 Å². The van der Waals surface area contributed by atoms with Crippen LogP contribution in [0, 0.1) is 0 Å². The molecule has 0 spiro atoms. The molecule has 19 heavy (non-hydrogen) atoms. The number of likely N-dealkylation sites (N-methyl/N-ethyl adjacent to an activating group) is 1. The molecule has 0 aromatic heterocycles. The Morgan fingerprint density at radius 3 is 2.63 bits per heavy atom. The highest BCUT2D eigenvalue weighted by molar-refractivity contribution is 9.10. The Labute approximate surface area is 122 Å². The van der Waals surface area contributed by atoms with Crippen LogP contribution >= 0.6 is 15.9 Å². The molecule has 0 aliphatic carbocycles. The molecule has 0 saturated carbocycles. The Balaban J connectivity index is 2.18. The van der Waals surface area contributed by atoms with Gasteiger partial charge in [-0.25, -0.2) is 0 Å². The highest BCUT2D eigenvalue weighted by Crippen LogP contribution is 2.27. The van der Waals surface area contributed by atoms with Gasteiger partial charge in [-0.15, -0.1) is 0 Å².